The van der Waals surface area contributed by atoms with Crippen LogP contribution in [0, 0.1) is 0 Å². The Hall–Kier alpha value is -2.84. The van der Waals surface area contributed by atoms with Gasteiger partial charge in [0.05, 0.1) is 23.4 Å². The Labute approximate surface area is 141 Å². The lowest BCUT2D eigenvalue weighted by Crippen LogP contribution is -2.43. The van der Waals surface area contributed by atoms with E-state index in [9.17, 15) is 22.8 Å². The van der Waals surface area contributed by atoms with Gasteiger partial charge in [-0.15, -0.1) is 0 Å². The van der Waals surface area contributed by atoms with Gasteiger partial charge in [0.2, 0.25) is 0 Å². The molecule has 3 rings (SSSR count). The van der Waals surface area contributed by atoms with Crippen molar-refractivity contribution in [3.63, 3.8) is 0 Å². The van der Waals surface area contributed by atoms with Gasteiger partial charge in [0.15, 0.2) is 0 Å². The summed E-state index contributed by atoms with van der Waals surface area (Å²) >= 11 is 0. The van der Waals surface area contributed by atoms with Gasteiger partial charge in [-0.05, 0) is 31.2 Å². The normalized spacial score (nSPS) is 17.4. The van der Waals surface area contributed by atoms with Crippen LogP contribution in [0.15, 0.2) is 30.5 Å². The van der Waals surface area contributed by atoms with Crippen LogP contribution in [0.4, 0.5) is 18.9 Å². The molecule has 1 aliphatic heterocycles. The van der Waals surface area contributed by atoms with Crippen molar-refractivity contribution in [1.82, 2.24) is 15.1 Å². The predicted octanol–water partition coefficient (Wildman–Crippen LogP) is 2.48. The summed E-state index contributed by atoms with van der Waals surface area (Å²) in [6.45, 7) is 2.06. The van der Waals surface area contributed by atoms with E-state index in [0.717, 1.165) is 12.1 Å². The number of hydrogen-bond acceptors (Lipinski definition) is 3. The Morgan fingerprint density at radius 2 is 1.92 bits per heavy atom. The Kier molecular flexibility index (Phi) is 4.02. The van der Waals surface area contributed by atoms with Crippen molar-refractivity contribution in [1.29, 1.82) is 0 Å². The molecule has 6 nitrogen and oxygen atoms in total. The zero-order valence-corrected chi connectivity index (χ0v) is 13.5. The summed E-state index contributed by atoms with van der Waals surface area (Å²) in [4.78, 5) is 26.1. The average Bonchev–Trinajstić information content (AvgIpc) is 3.02. The van der Waals surface area contributed by atoms with Crippen LogP contribution in [0.2, 0.25) is 0 Å². The maximum atomic E-state index is 12.8. The van der Waals surface area contributed by atoms with Crippen molar-refractivity contribution in [2.45, 2.75) is 19.1 Å². The molecule has 0 bridgehead atoms. The zero-order valence-electron chi connectivity index (χ0n) is 13.5. The highest BCUT2D eigenvalue weighted by molar-refractivity contribution is 6.12. The number of rotatable bonds is 2. The first kappa shape index (κ1) is 17.0. The van der Waals surface area contributed by atoms with E-state index < -0.39 is 23.6 Å². The van der Waals surface area contributed by atoms with Gasteiger partial charge in [-0.1, -0.05) is 0 Å². The van der Waals surface area contributed by atoms with E-state index in [0.29, 0.717) is 5.69 Å². The standard InChI is InChI=1S/C16H15F3N4O2/c1-9-8-22(11-5-3-10(4-6-11)16(17,18)19)15(25)13-12(14(24)20-2)7-21-23(9)13/h3-7,9H,8H2,1-2H3,(H,20,24)/t9-/m0/s1. The maximum Gasteiger partial charge on any atom is 0.416 e. The third-order valence-corrected chi connectivity index (χ3v) is 4.09. The second-order valence-corrected chi connectivity index (χ2v) is 5.74. The molecule has 1 aliphatic rings. The Morgan fingerprint density at radius 1 is 1.28 bits per heavy atom. The Balaban J connectivity index is 1.99. The van der Waals surface area contributed by atoms with Crippen LogP contribution in [0.1, 0.15) is 39.4 Å². The van der Waals surface area contributed by atoms with Crippen molar-refractivity contribution in [3.05, 3.63) is 47.3 Å². The summed E-state index contributed by atoms with van der Waals surface area (Å²) < 4.78 is 39.6. The SMILES string of the molecule is CNC(=O)c1cnn2c1C(=O)N(c1ccc(C(F)(F)F)cc1)C[C@@H]2C. The molecule has 0 saturated carbocycles. The number of carbonyl (C=O) groups excluding carboxylic acids is 2. The molecule has 1 N–H and O–H groups in total. The number of anilines is 1. The number of amides is 2. The lowest BCUT2D eigenvalue weighted by Gasteiger charge is -2.32. The van der Waals surface area contributed by atoms with Crippen LogP contribution < -0.4 is 10.2 Å². The summed E-state index contributed by atoms with van der Waals surface area (Å²) in [5.74, 6) is -0.926. The highest BCUT2D eigenvalue weighted by atomic mass is 19.4. The number of carbonyl (C=O) groups is 2. The number of hydrogen-bond donors (Lipinski definition) is 1. The van der Waals surface area contributed by atoms with E-state index in [4.69, 9.17) is 0 Å². The molecule has 1 atom stereocenters. The topological polar surface area (TPSA) is 67.2 Å². The van der Waals surface area contributed by atoms with Gasteiger partial charge in [0, 0.05) is 19.3 Å². The van der Waals surface area contributed by atoms with Crippen molar-refractivity contribution in [3.8, 4) is 0 Å². The molecule has 2 amide bonds. The minimum Gasteiger partial charge on any atom is -0.355 e. The van der Waals surface area contributed by atoms with E-state index in [1.807, 2.05) is 6.92 Å². The summed E-state index contributed by atoms with van der Waals surface area (Å²) in [7, 11) is 1.44. The number of alkyl halides is 3. The van der Waals surface area contributed by atoms with E-state index in [1.54, 1.807) is 0 Å². The highest BCUT2D eigenvalue weighted by Gasteiger charge is 2.36. The lowest BCUT2D eigenvalue weighted by atomic mass is 10.1. The molecule has 0 fully saturated rings. The van der Waals surface area contributed by atoms with Crippen LogP contribution in [-0.4, -0.2) is 35.2 Å². The minimum absolute atomic E-state index is 0.123. The monoisotopic (exact) mass is 352 g/mol. The second kappa shape index (κ2) is 5.91. The molecule has 2 aromatic rings. The molecule has 0 radical (unpaired) electrons. The molecule has 0 spiro atoms. The molecule has 0 unspecified atom stereocenters. The number of benzene rings is 1. The van der Waals surface area contributed by atoms with Gasteiger partial charge in [-0.2, -0.15) is 18.3 Å². The van der Waals surface area contributed by atoms with Gasteiger partial charge in [-0.25, -0.2) is 0 Å². The molecular formula is C16H15F3N4O2. The van der Waals surface area contributed by atoms with Gasteiger partial charge < -0.3 is 10.2 Å². The number of halogens is 3. The van der Waals surface area contributed by atoms with Crippen LogP contribution >= 0.6 is 0 Å². The molecule has 9 heteroatoms. The van der Waals surface area contributed by atoms with E-state index >= 15 is 0 Å². The minimum atomic E-state index is -4.44. The number of fused-ring (bicyclic) bond motifs is 1. The largest absolute Gasteiger partial charge is 0.416 e. The number of aromatic nitrogens is 2. The first-order valence-corrected chi connectivity index (χ1v) is 7.52. The van der Waals surface area contributed by atoms with Crippen molar-refractivity contribution in [2.24, 2.45) is 0 Å². The van der Waals surface area contributed by atoms with Gasteiger partial charge in [0.1, 0.15) is 5.69 Å². The van der Waals surface area contributed by atoms with Crippen LogP contribution in [0.5, 0.6) is 0 Å². The number of nitrogens with one attached hydrogen (secondary N) is 1. The molecular weight excluding hydrogens is 337 g/mol. The van der Waals surface area contributed by atoms with Crippen LogP contribution in [0.25, 0.3) is 0 Å². The van der Waals surface area contributed by atoms with Crippen molar-refractivity contribution < 1.29 is 22.8 Å². The Morgan fingerprint density at radius 3 is 2.48 bits per heavy atom. The smallest absolute Gasteiger partial charge is 0.355 e. The summed E-state index contributed by atoms with van der Waals surface area (Å²) in [5.41, 5.74) is -0.195. The summed E-state index contributed by atoms with van der Waals surface area (Å²) in [6.07, 6.45) is -3.12. The molecule has 1 aromatic carbocycles. The van der Waals surface area contributed by atoms with E-state index in [-0.39, 0.29) is 23.8 Å². The molecule has 0 aliphatic carbocycles. The van der Waals surface area contributed by atoms with Crippen LogP contribution in [-0.2, 0) is 6.18 Å². The maximum absolute atomic E-state index is 12.8. The third kappa shape index (κ3) is 2.86. The molecule has 0 saturated heterocycles. The predicted molar refractivity (Wildman–Crippen MR) is 83.4 cm³/mol. The second-order valence-electron chi connectivity index (χ2n) is 5.74. The number of nitrogens with zero attached hydrogens (tertiary/aromatic N) is 3. The lowest BCUT2D eigenvalue weighted by molar-refractivity contribution is -0.137. The zero-order chi connectivity index (χ0) is 18.4. The van der Waals surface area contributed by atoms with E-state index in [1.165, 1.54) is 35.0 Å². The first-order valence-electron chi connectivity index (χ1n) is 7.52. The van der Waals surface area contributed by atoms with E-state index in [2.05, 4.69) is 10.4 Å². The highest BCUT2D eigenvalue weighted by Crippen LogP contribution is 2.32. The van der Waals surface area contributed by atoms with Gasteiger partial charge in [0.25, 0.3) is 11.8 Å². The Bertz CT molecular complexity index is 827. The summed E-state index contributed by atoms with van der Waals surface area (Å²) in [6, 6.07) is 4.13. The fraction of sp³-hybridized carbons (Fsp3) is 0.312. The fourth-order valence-electron chi connectivity index (χ4n) is 2.82. The molecule has 2 heterocycles. The quantitative estimate of drug-likeness (QED) is 0.903. The third-order valence-electron chi connectivity index (χ3n) is 4.09. The van der Waals surface area contributed by atoms with Gasteiger partial charge >= 0.3 is 6.18 Å². The average molecular weight is 352 g/mol. The van der Waals surface area contributed by atoms with Crippen molar-refractivity contribution >= 4 is 17.5 Å². The molecule has 1 aromatic heterocycles. The first-order chi connectivity index (χ1) is 11.7. The van der Waals surface area contributed by atoms with Crippen molar-refractivity contribution in [2.75, 3.05) is 18.5 Å². The molecule has 25 heavy (non-hydrogen) atoms. The van der Waals surface area contributed by atoms with Gasteiger partial charge in [-0.3, -0.25) is 14.3 Å². The molecule has 132 valence electrons. The van der Waals surface area contributed by atoms with Crippen LogP contribution in [0.3, 0.4) is 0 Å². The fourth-order valence-corrected chi connectivity index (χ4v) is 2.82. The summed E-state index contributed by atoms with van der Waals surface area (Å²) in [5, 5.41) is 6.53.